The second kappa shape index (κ2) is 73.3. The van der Waals surface area contributed by atoms with Crippen LogP contribution in [0.3, 0.4) is 0 Å². The molecule has 84 heavy (non-hydrogen) atoms. The Morgan fingerprint density at radius 2 is 0.619 bits per heavy atom. The van der Waals surface area contributed by atoms with Crippen LogP contribution in [0.2, 0.25) is 0 Å². The number of amides is 1. The fourth-order valence-electron chi connectivity index (χ4n) is 11.8. The lowest BCUT2D eigenvalue weighted by Gasteiger charge is -2.20. The maximum absolute atomic E-state index is 12.5. The summed E-state index contributed by atoms with van der Waals surface area (Å²) in [6, 6.07) is -0.628. The summed E-state index contributed by atoms with van der Waals surface area (Å²) in [5.41, 5.74) is 0. The maximum atomic E-state index is 12.5. The van der Waals surface area contributed by atoms with Crippen LogP contribution in [0.25, 0.3) is 0 Å². The van der Waals surface area contributed by atoms with Gasteiger partial charge in [0.15, 0.2) is 0 Å². The molecule has 0 aliphatic heterocycles. The van der Waals surface area contributed by atoms with Crippen LogP contribution in [-0.2, 0) is 14.3 Å². The van der Waals surface area contributed by atoms with Gasteiger partial charge in [-0.15, -0.1) is 0 Å². The van der Waals surface area contributed by atoms with E-state index in [1.54, 1.807) is 6.08 Å². The molecule has 6 heteroatoms. The normalized spacial score (nSPS) is 12.8. The van der Waals surface area contributed by atoms with Gasteiger partial charge in [0.1, 0.15) is 0 Å². The number of hydrogen-bond acceptors (Lipinski definition) is 5. The predicted octanol–water partition coefficient (Wildman–Crippen LogP) is 24.8. The van der Waals surface area contributed by atoms with E-state index in [0.29, 0.717) is 19.4 Å². The maximum Gasteiger partial charge on any atom is 0.305 e. The lowest BCUT2D eigenvalue weighted by atomic mass is 10.0. The van der Waals surface area contributed by atoms with Crippen molar-refractivity contribution in [1.82, 2.24) is 5.32 Å². The number of ether oxygens (including phenoxy) is 1. The first-order valence-electron chi connectivity index (χ1n) is 37.9. The molecule has 6 nitrogen and oxygen atoms in total. The van der Waals surface area contributed by atoms with E-state index in [1.807, 2.05) is 6.08 Å². The molecular formula is C78H147NO5. The van der Waals surface area contributed by atoms with Crippen molar-refractivity contribution in [2.75, 3.05) is 13.2 Å². The minimum Gasteiger partial charge on any atom is -0.466 e. The van der Waals surface area contributed by atoms with Crippen LogP contribution in [0, 0.1) is 0 Å². The molecule has 0 aromatic heterocycles. The third-order valence-corrected chi connectivity index (χ3v) is 17.5. The van der Waals surface area contributed by atoms with Crippen LogP contribution < -0.4 is 5.32 Å². The van der Waals surface area contributed by atoms with Crippen molar-refractivity contribution in [3.63, 3.8) is 0 Å². The largest absolute Gasteiger partial charge is 0.466 e. The molecule has 0 heterocycles. The highest BCUT2D eigenvalue weighted by Gasteiger charge is 2.18. The lowest BCUT2D eigenvalue weighted by Crippen LogP contribution is -2.45. The van der Waals surface area contributed by atoms with Gasteiger partial charge in [-0.2, -0.15) is 0 Å². The lowest BCUT2D eigenvalue weighted by molar-refractivity contribution is -0.143. The van der Waals surface area contributed by atoms with Crippen molar-refractivity contribution in [1.29, 1.82) is 0 Å². The molecule has 0 aromatic rings. The number of aliphatic hydroxyl groups excluding tert-OH is 2. The quantitative estimate of drug-likeness (QED) is 0.0320. The summed E-state index contributed by atoms with van der Waals surface area (Å²) in [6.07, 6.45) is 96.5. The number of hydrogen-bond donors (Lipinski definition) is 3. The molecule has 0 fully saturated rings. The van der Waals surface area contributed by atoms with Crippen LogP contribution >= 0.6 is 0 Å². The van der Waals surface area contributed by atoms with Crippen LogP contribution in [0.1, 0.15) is 412 Å². The molecule has 2 atom stereocenters. The van der Waals surface area contributed by atoms with Crippen molar-refractivity contribution in [2.45, 2.75) is 424 Å². The summed E-state index contributed by atoms with van der Waals surface area (Å²) in [6.45, 7) is 4.87. The van der Waals surface area contributed by atoms with Gasteiger partial charge in [-0.25, -0.2) is 0 Å². The molecule has 0 aliphatic carbocycles. The number of allylic oxidation sites excluding steroid dienone is 7. The molecule has 0 saturated heterocycles. The number of aliphatic hydroxyl groups is 2. The van der Waals surface area contributed by atoms with Gasteiger partial charge in [0.25, 0.3) is 0 Å². The van der Waals surface area contributed by atoms with Crippen LogP contribution in [0.15, 0.2) is 48.6 Å². The first-order valence-corrected chi connectivity index (χ1v) is 37.9. The monoisotopic (exact) mass is 1180 g/mol. The SMILES string of the molecule is CCC/C=C\C/C=C\CCCCCCCC(=O)OCCCCCCCCCCCCCC/C=C\CCCCCCCCCCCCCCCCCC(=O)NC(CO)C(O)/C=C/CCCCCCCCCCCCCCCCCCCCCCC. The van der Waals surface area contributed by atoms with E-state index in [-0.39, 0.29) is 18.5 Å². The average Bonchev–Trinajstić information content (AvgIpc) is 3.51. The number of unbranched alkanes of at least 4 members (excludes halogenated alkanes) is 54. The number of carbonyl (C=O) groups is 2. The zero-order chi connectivity index (χ0) is 60.6. The first kappa shape index (κ1) is 81.8. The summed E-state index contributed by atoms with van der Waals surface area (Å²) < 4.78 is 5.48. The first-order chi connectivity index (χ1) is 41.5. The molecule has 3 N–H and O–H groups in total. The Bertz CT molecular complexity index is 1400. The van der Waals surface area contributed by atoms with Crippen molar-refractivity contribution in [2.24, 2.45) is 0 Å². The van der Waals surface area contributed by atoms with Crippen molar-refractivity contribution in [3.8, 4) is 0 Å². The summed E-state index contributed by atoms with van der Waals surface area (Å²) in [4.78, 5) is 24.6. The third-order valence-electron chi connectivity index (χ3n) is 17.5. The Morgan fingerprint density at radius 3 is 0.964 bits per heavy atom. The molecule has 0 spiro atoms. The van der Waals surface area contributed by atoms with Crippen molar-refractivity contribution < 1.29 is 24.5 Å². The molecule has 0 radical (unpaired) electrons. The molecule has 0 saturated carbocycles. The Hall–Kier alpha value is -2.18. The Morgan fingerprint density at radius 1 is 0.333 bits per heavy atom. The van der Waals surface area contributed by atoms with Gasteiger partial charge in [-0.3, -0.25) is 9.59 Å². The van der Waals surface area contributed by atoms with Gasteiger partial charge in [0.2, 0.25) is 5.91 Å². The fraction of sp³-hybridized carbons (Fsp3) is 0.872. The number of esters is 1. The third kappa shape index (κ3) is 68.9. The van der Waals surface area contributed by atoms with E-state index in [1.165, 1.54) is 334 Å². The smallest absolute Gasteiger partial charge is 0.305 e. The average molecular weight is 1180 g/mol. The van der Waals surface area contributed by atoms with Gasteiger partial charge in [0.05, 0.1) is 25.4 Å². The summed E-state index contributed by atoms with van der Waals surface area (Å²) in [5.74, 6) is -0.0596. The summed E-state index contributed by atoms with van der Waals surface area (Å²) >= 11 is 0. The highest BCUT2D eigenvalue weighted by Crippen LogP contribution is 2.19. The van der Waals surface area contributed by atoms with Crippen molar-refractivity contribution in [3.05, 3.63) is 48.6 Å². The minimum absolute atomic E-state index is 0.00223. The minimum atomic E-state index is -0.845. The Labute approximate surface area is 525 Å². The number of carbonyl (C=O) groups excluding carboxylic acids is 2. The van der Waals surface area contributed by atoms with E-state index in [0.717, 1.165) is 51.4 Å². The number of nitrogens with one attached hydrogen (secondary N) is 1. The molecule has 0 aromatic carbocycles. The van der Waals surface area contributed by atoms with E-state index in [9.17, 15) is 19.8 Å². The standard InChI is InChI=1S/C78H147NO5/c1-3-5-7-9-11-13-15-17-18-19-20-21-31-34-37-40-43-47-50-54-58-62-66-70-76(81)75(74-80)79-77(82)71-67-63-59-55-51-48-44-41-38-35-32-29-27-25-23-22-24-26-28-30-33-36-39-42-45-49-53-57-61-65-69-73-84-78(83)72-68-64-60-56-52-46-16-14-12-10-8-6-4-2/h8,10,14,16,24,26,66,70,75-76,80-81H,3-7,9,11-13,15,17-23,25,27-65,67-69,71-74H2,1-2H3,(H,79,82)/b10-8-,16-14-,26-24-,70-66+. The predicted molar refractivity (Wildman–Crippen MR) is 370 cm³/mol. The second-order valence-corrected chi connectivity index (χ2v) is 26.0. The van der Waals surface area contributed by atoms with Crippen LogP contribution in [0.4, 0.5) is 0 Å². The topological polar surface area (TPSA) is 95.9 Å². The fourth-order valence-corrected chi connectivity index (χ4v) is 11.8. The van der Waals surface area contributed by atoms with E-state index in [4.69, 9.17) is 4.74 Å². The zero-order valence-electron chi connectivity index (χ0n) is 56.6. The zero-order valence-corrected chi connectivity index (χ0v) is 56.6. The van der Waals surface area contributed by atoms with Crippen LogP contribution in [0.5, 0.6) is 0 Å². The van der Waals surface area contributed by atoms with Gasteiger partial charge in [0, 0.05) is 12.8 Å². The molecular weight excluding hydrogens is 1030 g/mol. The van der Waals surface area contributed by atoms with Crippen molar-refractivity contribution >= 4 is 11.9 Å². The number of rotatable bonds is 71. The Kier molecular flexibility index (Phi) is 71.4. The van der Waals surface area contributed by atoms with E-state index >= 15 is 0 Å². The molecule has 494 valence electrons. The van der Waals surface area contributed by atoms with Gasteiger partial charge in [-0.05, 0) is 83.5 Å². The van der Waals surface area contributed by atoms with E-state index in [2.05, 4.69) is 55.6 Å². The molecule has 0 aliphatic rings. The molecule has 2 unspecified atom stereocenters. The Balaban J connectivity index is 3.40. The second-order valence-electron chi connectivity index (χ2n) is 26.0. The van der Waals surface area contributed by atoms with Crippen LogP contribution in [-0.4, -0.2) is 47.4 Å². The molecule has 0 bridgehead atoms. The molecule has 0 rings (SSSR count). The van der Waals surface area contributed by atoms with Gasteiger partial charge in [-0.1, -0.05) is 364 Å². The van der Waals surface area contributed by atoms with Gasteiger partial charge < -0.3 is 20.3 Å². The van der Waals surface area contributed by atoms with Gasteiger partial charge >= 0.3 is 5.97 Å². The summed E-state index contributed by atoms with van der Waals surface area (Å²) in [5, 5.41) is 23.3. The highest BCUT2D eigenvalue weighted by molar-refractivity contribution is 5.76. The van der Waals surface area contributed by atoms with E-state index < -0.39 is 12.1 Å². The highest BCUT2D eigenvalue weighted by atomic mass is 16.5. The molecule has 1 amide bonds. The summed E-state index contributed by atoms with van der Waals surface area (Å²) in [7, 11) is 0.